The summed E-state index contributed by atoms with van der Waals surface area (Å²) >= 11 is 0. The van der Waals surface area contributed by atoms with Crippen LogP contribution in [-0.4, -0.2) is 37.0 Å². The summed E-state index contributed by atoms with van der Waals surface area (Å²) in [7, 11) is 0. The van der Waals surface area contributed by atoms with Gasteiger partial charge < -0.3 is 9.47 Å². The number of nitro benzene ring substituents is 1. The Hall–Kier alpha value is -2.84. The number of hydrogen-bond donors (Lipinski definition) is 0. The number of hydrogen-bond acceptors (Lipinski definition) is 5. The molecule has 8 nitrogen and oxygen atoms in total. The van der Waals surface area contributed by atoms with Gasteiger partial charge in [-0.1, -0.05) is 0 Å². The SMILES string of the molecule is O=C(c1cc(F)ccc1[N+](=O)[O-])N1CCn2cnnc2C1. The van der Waals surface area contributed by atoms with Crippen LogP contribution in [0.2, 0.25) is 0 Å². The molecule has 1 amide bonds. The van der Waals surface area contributed by atoms with Gasteiger partial charge in [0.15, 0.2) is 5.82 Å². The van der Waals surface area contributed by atoms with Crippen molar-refractivity contribution in [2.24, 2.45) is 0 Å². The van der Waals surface area contributed by atoms with E-state index in [1.54, 1.807) is 10.9 Å². The van der Waals surface area contributed by atoms with Crippen molar-refractivity contribution in [3.05, 3.63) is 51.8 Å². The zero-order valence-corrected chi connectivity index (χ0v) is 10.8. The molecule has 0 aliphatic carbocycles. The Bertz CT molecular complexity index is 729. The molecule has 0 saturated carbocycles. The molecule has 9 heteroatoms. The van der Waals surface area contributed by atoms with Crippen molar-refractivity contribution >= 4 is 11.6 Å². The van der Waals surface area contributed by atoms with Gasteiger partial charge in [-0.25, -0.2) is 4.39 Å². The van der Waals surface area contributed by atoms with Gasteiger partial charge in [-0.2, -0.15) is 0 Å². The molecule has 2 heterocycles. The Morgan fingerprint density at radius 3 is 2.95 bits per heavy atom. The Kier molecular flexibility index (Phi) is 3.09. The van der Waals surface area contributed by atoms with E-state index >= 15 is 0 Å². The number of aromatic nitrogens is 3. The van der Waals surface area contributed by atoms with E-state index in [4.69, 9.17) is 0 Å². The minimum absolute atomic E-state index is 0.187. The average molecular weight is 291 g/mol. The molecule has 0 fully saturated rings. The fraction of sp³-hybridized carbons (Fsp3) is 0.250. The second-order valence-corrected chi connectivity index (χ2v) is 4.59. The van der Waals surface area contributed by atoms with Crippen molar-refractivity contribution in [1.29, 1.82) is 0 Å². The van der Waals surface area contributed by atoms with Crippen LogP contribution in [0.1, 0.15) is 16.2 Å². The van der Waals surface area contributed by atoms with Crippen LogP contribution in [-0.2, 0) is 13.1 Å². The third kappa shape index (κ3) is 2.33. The van der Waals surface area contributed by atoms with Crippen LogP contribution in [0.4, 0.5) is 10.1 Å². The van der Waals surface area contributed by atoms with Crippen LogP contribution in [0.15, 0.2) is 24.5 Å². The summed E-state index contributed by atoms with van der Waals surface area (Å²) in [6.45, 7) is 1.04. The quantitative estimate of drug-likeness (QED) is 0.607. The van der Waals surface area contributed by atoms with E-state index in [1.165, 1.54) is 4.90 Å². The second-order valence-electron chi connectivity index (χ2n) is 4.59. The lowest BCUT2D eigenvalue weighted by Crippen LogP contribution is -2.38. The second kappa shape index (κ2) is 4.93. The molecule has 108 valence electrons. The first-order chi connectivity index (χ1) is 10.1. The van der Waals surface area contributed by atoms with E-state index in [9.17, 15) is 19.3 Å². The van der Waals surface area contributed by atoms with Crippen molar-refractivity contribution < 1.29 is 14.1 Å². The van der Waals surface area contributed by atoms with Gasteiger partial charge in [0.05, 0.1) is 11.5 Å². The summed E-state index contributed by atoms with van der Waals surface area (Å²) < 4.78 is 15.1. The molecule has 1 aromatic heterocycles. The molecule has 2 aromatic rings. The highest BCUT2D eigenvalue weighted by Gasteiger charge is 2.28. The summed E-state index contributed by atoms with van der Waals surface area (Å²) in [4.78, 5) is 24.1. The monoisotopic (exact) mass is 291 g/mol. The maximum Gasteiger partial charge on any atom is 0.282 e. The number of nitrogens with zero attached hydrogens (tertiary/aromatic N) is 5. The van der Waals surface area contributed by atoms with Crippen LogP contribution in [0.25, 0.3) is 0 Å². The number of carbonyl (C=O) groups excluding carboxylic acids is 1. The third-order valence-electron chi connectivity index (χ3n) is 3.31. The van der Waals surface area contributed by atoms with Crippen LogP contribution in [0.3, 0.4) is 0 Å². The highest BCUT2D eigenvalue weighted by molar-refractivity contribution is 5.98. The zero-order valence-electron chi connectivity index (χ0n) is 10.8. The minimum atomic E-state index is -0.695. The summed E-state index contributed by atoms with van der Waals surface area (Å²) in [5.41, 5.74) is -0.665. The molecule has 1 aliphatic rings. The van der Waals surface area contributed by atoms with Gasteiger partial charge in [0.1, 0.15) is 17.7 Å². The molecule has 21 heavy (non-hydrogen) atoms. The molecular formula is C12H10FN5O3. The van der Waals surface area contributed by atoms with E-state index in [0.717, 1.165) is 18.2 Å². The molecule has 0 N–H and O–H groups in total. The highest BCUT2D eigenvalue weighted by atomic mass is 19.1. The number of amides is 1. The van der Waals surface area contributed by atoms with Gasteiger partial charge in [-0.3, -0.25) is 14.9 Å². The van der Waals surface area contributed by atoms with Crippen molar-refractivity contribution in [1.82, 2.24) is 19.7 Å². The Balaban J connectivity index is 1.93. The molecule has 0 radical (unpaired) electrons. The lowest BCUT2D eigenvalue weighted by atomic mass is 10.1. The smallest absolute Gasteiger partial charge is 0.282 e. The van der Waals surface area contributed by atoms with Crippen LogP contribution >= 0.6 is 0 Å². The molecular weight excluding hydrogens is 281 g/mol. The molecule has 1 aromatic carbocycles. The highest BCUT2D eigenvalue weighted by Crippen LogP contribution is 2.23. The van der Waals surface area contributed by atoms with E-state index < -0.39 is 22.3 Å². The summed E-state index contributed by atoms with van der Waals surface area (Å²) in [5, 5.41) is 18.6. The molecule has 0 saturated heterocycles. The topological polar surface area (TPSA) is 94.2 Å². The molecule has 3 rings (SSSR count). The number of carbonyl (C=O) groups is 1. The van der Waals surface area contributed by atoms with Gasteiger partial charge >= 0.3 is 0 Å². The Labute approximate surface area is 118 Å². The molecule has 0 spiro atoms. The van der Waals surface area contributed by atoms with E-state index in [-0.39, 0.29) is 12.1 Å². The lowest BCUT2D eigenvalue weighted by Gasteiger charge is -2.26. The number of rotatable bonds is 2. The summed E-state index contributed by atoms with van der Waals surface area (Å²) in [6.07, 6.45) is 1.56. The van der Waals surface area contributed by atoms with Gasteiger partial charge in [-0.05, 0) is 12.1 Å². The van der Waals surface area contributed by atoms with Crippen molar-refractivity contribution in [2.45, 2.75) is 13.1 Å². The van der Waals surface area contributed by atoms with E-state index in [0.29, 0.717) is 18.9 Å². The predicted molar refractivity (Wildman–Crippen MR) is 67.8 cm³/mol. The molecule has 0 atom stereocenters. The third-order valence-corrected chi connectivity index (χ3v) is 3.31. The van der Waals surface area contributed by atoms with Crippen LogP contribution in [0, 0.1) is 15.9 Å². The first-order valence-electron chi connectivity index (χ1n) is 6.16. The molecule has 0 bridgehead atoms. The minimum Gasteiger partial charge on any atom is -0.329 e. The number of halogens is 1. The molecule has 0 unspecified atom stereocenters. The number of nitro groups is 1. The van der Waals surface area contributed by atoms with Crippen molar-refractivity contribution in [3.8, 4) is 0 Å². The zero-order chi connectivity index (χ0) is 15.0. The Morgan fingerprint density at radius 2 is 2.19 bits per heavy atom. The average Bonchev–Trinajstić information content (AvgIpc) is 2.93. The van der Waals surface area contributed by atoms with Gasteiger partial charge in [0.25, 0.3) is 11.6 Å². The fourth-order valence-corrected chi connectivity index (χ4v) is 2.25. The lowest BCUT2D eigenvalue weighted by molar-refractivity contribution is -0.385. The summed E-state index contributed by atoms with van der Waals surface area (Å²) in [6, 6.07) is 2.84. The number of benzene rings is 1. The van der Waals surface area contributed by atoms with Crippen molar-refractivity contribution in [3.63, 3.8) is 0 Å². The molecule has 1 aliphatic heterocycles. The first kappa shape index (κ1) is 13.2. The maximum atomic E-state index is 13.3. The van der Waals surface area contributed by atoms with E-state index in [2.05, 4.69) is 10.2 Å². The van der Waals surface area contributed by atoms with Crippen LogP contribution in [0.5, 0.6) is 0 Å². The predicted octanol–water partition coefficient (Wildman–Crippen LogP) is 0.981. The van der Waals surface area contributed by atoms with Gasteiger partial charge in [0, 0.05) is 19.2 Å². The Morgan fingerprint density at radius 1 is 1.38 bits per heavy atom. The van der Waals surface area contributed by atoms with Crippen LogP contribution < -0.4 is 0 Å². The largest absolute Gasteiger partial charge is 0.329 e. The first-order valence-corrected chi connectivity index (χ1v) is 6.16. The standard InChI is InChI=1S/C12H10FN5O3/c13-8-1-2-10(18(20)21)9(5-8)12(19)16-3-4-17-7-14-15-11(17)6-16/h1-2,5,7H,3-4,6H2. The maximum absolute atomic E-state index is 13.3. The van der Waals surface area contributed by atoms with E-state index in [1.807, 2.05) is 0 Å². The fourth-order valence-electron chi connectivity index (χ4n) is 2.25. The van der Waals surface area contributed by atoms with Gasteiger partial charge in [0.2, 0.25) is 0 Å². The summed E-state index contributed by atoms with van der Waals surface area (Å²) in [5.74, 6) is -0.687. The van der Waals surface area contributed by atoms with Crippen molar-refractivity contribution in [2.75, 3.05) is 6.54 Å². The van der Waals surface area contributed by atoms with Gasteiger partial charge in [-0.15, -0.1) is 10.2 Å². The normalized spacial score (nSPS) is 13.9. The number of fused-ring (bicyclic) bond motifs is 1.